The fraction of sp³-hybridized carbons (Fsp3) is 0.364. The first-order chi connectivity index (χ1) is 7.90. The summed E-state index contributed by atoms with van der Waals surface area (Å²) in [4.78, 5) is 0. The minimum atomic E-state index is -4.65. The first-order valence-electron chi connectivity index (χ1n) is 4.74. The van der Waals surface area contributed by atoms with E-state index >= 15 is 0 Å². The molecule has 0 saturated carbocycles. The second kappa shape index (κ2) is 4.95. The Labute approximate surface area is 96.1 Å². The number of nitriles is 1. The van der Waals surface area contributed by atoms with Crippen LogP contribution in [0.2, 0.25) is 0 Å². The minimum Gasteiger partial charge on any atom is -0.507 e. The predicted molar refractivity (Wildman–Crippen MR) is 53.6 cm³/mol. The molecule has 0 aliphatic rings. The van der Waals surface area contributed by atoms with Crippen molar-refractivity contribution < 1.29 is 23.0 Å². The Morgan fingerprint density at radius 1 is 1.41 bits per heavy atom. The van der Waals surface area contributed by atoms with Gasteiger partial charge in [0.05, 0.1) is 13.2 Å². The van der Waals surface area contributed by atoms with Crippen molar-refractivity contribution in [1.29, 1.82) is 5.26 Å². The maximum absolute atomic E-state index is 12.6. The Bertz CT molecular complexity index is 449. The molecule has 0 radical (unpaired) electrons. The number of methoxy groups -OCH3 is 1. The average molecular weight is 245 g/mol. The fourth-order valence-corrected chi connectivity index (χ4v) is 1.38. The molecule has 0 atom stereocenters. The lowest BCUT2D eigenvalue weighted by atomic mass is 10.0. The van der Waals surface area contributed by atoms with Gasteiger partial charge in [-0.2, -0.15) is 18.4 Å². The number of phenols is 1. The number of halogens is 3. The first-order valence-corrected chi connectivity index (χ1v) is 4.74. The third-order valence-electron chi connectivity index (χ3n) is 2.21. The summed E-state index contributed by atoms with van der Waals surface area (Å²) in [6.07, 6.45) is -4.58. The van der Waals surface area contributed by atoms with E-state index in [0.717, 1.165) is 6.07 Å². The zero-order chi connectivity index (χ0) is 13.1. The number of rotatable bonds is 3. The standard InChI is InChI=1S/C11H10F3NO2/c1-17-8-5-7(3-2-4-15)10(16)9(6-8)11(12,13)14/h5-6,16H,2-3H2,1H3. The van der Waals surface area contributed by atoms with E-state index < -0.39 is 17.5 Å². The van der Waals surface area contributed by atoms with Gasteiger partial charge in [-0.05, 0) is 24.1 Å². The fourth-order valence-electron chi connectivity index (χ4n) is 1.38. The van der Waals surface area contributed by atoms with Gasteiger partial charge in [-0.25, -0.2) is 0 Å². The SMILES string of the molecule is COc1cc(CCC#N)c(O)c(C(F)(F)F)c1. The summed E-state index contributed by atoms with van der Waals surface area (Å²) < 4.78 is 42.5. The van der Waals surface area contributed by atoms with Crippen LogP contribution < -0.4 is 4.74 Å². The molecule has 0 heterocycles. The molecule has 17 heavy (non-hydrogen) atoms. The highest BCUT2D eigenvalue weighted by atomic mass is 19.4. The second-order valence-corrected chi connectivity index (χ2v) is 3.34. The largest absolute Gasteiger partial charge is 0.507 e. The van der Waals surface area contributed by atoms with Gasteiger partial charge in [-0.3, -0.25) is 0 Å². The van der Waals surface area contributed by atoms with Gasteiger partial charge < -0.3 is 9.84 Å². The molecular weight excluding hydrogens is 235 g/mol. The number of aromatic hydroxyl groups is 1. The molecule has 3 nitrogen and oxygen atoms in total. The molecule has 92 valence electrons. The number of phenolic OH excluding ortho intramolecular Hbond substituents is 1. The molecule has 0 aromatic heterocycles. The smallest absolute Gasteiger partial charge is 0.420 e. The zero-order valence-electron chi connectivity index (χ0n) is 9.01. The van der Waals surface area contributed by atoms with E-state index in [0.29, 0.717) is 0 Å². The van der Waals surface area contributed by atoms with Crippen molar-refractivity contribution in [2.24, 2.45) is 0 Å². The van der Waals surface area contributed by atoms with Gasteiger partial charge in [-0.1, -0.05) is 0 Å². The van der Waals surface area contributed by atoms with Crippen molar-refractivity contribution in [3.8, 4) is 17.6 Å². The summed E-state index contributed by atoms with van der Waals surface area (Å²) >= 11 is 0. The highest BCUT2D eigenvalue weighted by molar-refractivity contribution is 5.48. The summed E-state index contributed by atoms with van der Waals surface area (Å²) in [7, 11) is 1.24. The van der Waals surface area contributed by atoms with E-state index in [-0.39, 0.29) is 24.2 Å². The van der Waals surface area contributed by atoms with Crippen LogP contribution >= 0.6 is 0 Å². The van der Waals surface area contributed by atoms with Crippen LogP contribution in [-0.2, 0) is 12.6 Å². The quantitative estimate of drug-likeness (QED) is 0.890. The van der Waals surface area contributed by atoms with Crippen LogP contribution in [0.15, 0.2) is 12.1 Å². The molecule has 0 aliphatic heterocycles. The Morgan fingerprint density at radius 2 is 2.06 bits per heavy atom. The van der Waals surface area contributed by atoms with Gasteiger partial charge in [0.1, 0.15) is 17.1 Å². The van der Waals surface area contributed by atoms with E-state index in [4.69, 9.17) is 10.00 Å². The number of hydrogen-bond acceptors (Lipinski definition) is 3. The Balaban J connectivity index is 3.27. The van der Waals surface area contributed by atoms with Crippen molar-refractivity contribution in [3.05, 3.63) is 23.3 Å². The van der Waals surface area contributed by atoms with E-state index in [1.807, 2.05) is 0 Å². The maximum atomic E-state index is 12.6. The molecule has 6 heteroatoms. The van der Waals surface area contributed by atoms with Crippen LogP contribution in [0, 0.1) is 11.3 Å². The van der Waals surface area contributed by atoms with Crippen molar-refractivity contribution >= 4 is 0 Å². The summed E-state index contributed by atoms with van der Waals surface area (Å²) in [6.45, 7) is 0. The maximum Gasteiger partial charge on any atom is 0.420 e. The summed E-state index contributed by atoms with van der Waals surface area (Å²) in [5.74, 6) is -0.836. The Kier molecular flexibility index (Phi) is 3.84. The number of benzene rings is 1. The molecule has 0 bridgehead atoms. The zero-order valence-corrected chi connectivity index (χ0v) is 9.01. The Morgan fingerprint density at radius 3 is 2.53 bits per heavy atom. The van der Waals surface area contributed by atoms with Gasteiger partial charge in [-0.15, -0.1) is 0 Å². The van der Waals surface area contributed by atoms with Crippen LogP contribution in [0.5, 0.6) is 11.5 Å². The number of alkyl halides is 3. The number of hydrogen-bond donors (Lipinski definition) is 1. The number of aryl methyl sites for hydroxylation is 1. The molecule has 0 spiro atoms. The van der Waals surface area contributed by atoms with Crippen molar-refractivity contribution in [2.75, 3.05) is 7.11 Å². The molecule has 1 N–H and O–H groups in total. The second-order valence-electron chi connectivity index (χ2n) is 3.34. The van der Waals surface area contributed by atoms with Crippen LogP contribution in [0.3, 0.4) is 0 Å². The summed E-state index contributed by atoms with van der Waals surface area (Å²) in [6, 6.07) is 3.83. The average Bonchev–Trinajstić information content (AvgIpc) is 2.26. The molecular formula is C11H10F3NO2. The minimum absolute atomic E-state index is 0.00284. The lowest BCUT2D eigenvalue weighted by molar-refractivity contribution is -0.138. The monoisotopic (exact) mass is 245 g/mol. The molecule has 0 fully saturated rings. The summed E-state index contributed by atoms with van der Waals surface area (Å²) in [5, 5.41) is 17.9. The van der Waals surface area contributed by atoms with E-state index in [1.165, 1.54) is 13.2 Å². The molecule has 0 saturated heterocycles. The molecule has 1 aromatic rings. The normalized spacial score (nSPS) is 11.0. The summed E-state index contributed by atoms with van der Waals surface area (Å²) in [5.41, 5.74) is -1.09. The Hall–Kier alpha value is -1.90. The lowest BCUT2D eigenvalue weighted by Crippen LogP contribution is -2.07. The molecule has 1 rings (SSSR count). The van der Waals surface area contributed by atoms with E-state index in [9.17, 15) is 18.3 Å². The van der Waals surface area contributed by atoms with Gasteiger partial charge in [0.15, 0.2) is 0 Å². The predicted octanol–water partition coefficient (Wildman–Crippen LogP) is 2.88. The van der Waals surface area contributed by atoms with Crippen LogP contribution in [0.4, 0.5) is 13.2 Å². The van der Waals surface area contributed by atoms with Crippen molar-refractivity contribution in [1.82, 2.24) is 0 Å². The van der Waals surface area contributed by atoms with Crippen molar-refractivity contribution in [2.45, 2.75) is 19.0 Å². The van der Waals surface area contributed by atoms with Crippen LogP contribution in [0.1, 0.15) is 17.5 Å². The molecule has 1 aromatic carbocycles. The van der Waals surface area contributed by atoms with Gasteiger partial charge in [0.25, 0.3) is 0 Å². The third-order valence-corrected chi connectivity index (χ3v) is 2.21. The molecule has 0 aliphatic carbocycles. The number of nitrogens with zero attached hydrogens (tertiary/aromatic N) is 1. The van der Waals surface area contributed by atoms with Gasteiger partial charge >= 0.3 is 6.18 Å². The van der Waals surface area contributed by atoms with Gasteiger partial charge in [0.2, 0.25) is 0 Å². The highest BCUT2D eigenvalue weighted by Crippen LogP contribution is 2.40. The van der Waals surface area contributed by atoms with E-state index in [1.54, 1.807) is 6.07 Å². The third kappa shape index (κ3) is 3.03. The van der Waals surface area contributed by atoms with Crippen LogP contribution in [0.25, 0.3) is 0 Å². The molecule has 0 amide bonds. The highest BCUT2D eigenvalue weighted by Gasteiger charge is 2.35. The first kappa shape index (κ1) is 13.2. The lowest BCUT2D eigenvalue weighted by Gasteiger charge is -2.14. The topological polar surface area (TPSA) is 53.2 Å². The van der Waals surface area contributed by atoms with Gasteiger partial charge in [0, 0.05) is 6.42 Å². The molecule has 0 unspecified atom stereocenters. The van der Waals surface area contributed by atoms with E-state index in [2.05, 4.69) is 0 Å². The van der Waals surface area contributed by atoms with Crippen LogP contribution in [-0.4, -0.2) is 12.2 Å². The van der Waals surface area contributed by atoms with Crippen molar-refractivity contribution in [3.63, 3.8) is 0 Å². The number of ether oxygens (including phenoxy) is 1.